The van der Waals surface area contributed by atoms with E-state index in [1.807, 2.05) is 24.3 Å². The Morgan fingerprint density at radius 2 is 1.06 bits per heavy atom. The summed E-state index contributed by atoms with van der Waals surface area (Å²) < 4.78 is 16.6. The van der Waals surface area contributed by atoms with E-state index >= 15 is 0 Å². The van der Waals surface area contributed by atoms with Gasteiger partial charge in [0.25, 0.3) is 0 Å². The lowest BCUT2D eigenvalue weighted by atomic mass is 9.68. The lowest BCUT2D eigenvalue weighted by Gasteiger charge is -2.34. The van der Waals surface area contributed by atoms with Gasteiger partial charge < -0.3 is 19.3 Å². The van der Waals surface area contributed by atoms with Crippen LogP contribution in [0.3, 0.4) is 0 Å². The van der Waals surface area contributed by atoms with Crippen LogP contribution < -0.4 is 9.47 Å². The zero-order chi connectivity index (χ0) is 23.4. The fraction of sp³-hybridized carbons (Fsp3) is 0.200. The summed E-state index contributed by atoms with van der Waals surface area (Å²) in [5.41, 5.74) is 6.88. The van der Waals surface area contributed by atoms with E-state index in [0.717, 1.165) is 17.1 Å². The SMILES string of the molecule is COCCOc1ccc(C2(c3ccc(OCCO)cc3)c3ccccc3-c3ccccc32)cc1. The summed E-state index contributed by atoms with van der Waals surface area (Å²) in [4.78, 5) is 0. The maximum Gasteiger partial charge on any atom is 0.119 e. The lowest BCUT2D eigenvalue weighted by Crippen LogP contribution is -2.28. The molecule has 34 heavy (non-hydrogen) atoms. The molecule has 5 rings (SSSR count). The number of hydrogen-bond donors (Lipinski definition) is 1. The van der Waals surface area contributed by atoms with Gasteiger partial charge in [-0.1, -0.05) is 72.8 Å². The van der Waals surface area contributed by atoms with Crippen molar-refractivity contribution in [3.8, 4) is 22.6 Å². The van der Waals surface area contributed by atoms with Crippen molar-refractivity contribution in [2.24, 2.45) is 0 Å². The molecule has 0 atom stereocenters. The summed E-state index contributed by atoms with van der Waals surface area (Å²) in [7, 11) is 1.67. The molecule has 1 aliphatic carbocycles. The molecule has 1 aliphatic rings. The van der Waals surface area contributed by atoms with Crippen molar-refractivity contribution in [1.29, 1.82) is 0 Å². The highest BCUT2D eigenvalue weighted by Gasteiger charge is 2.45. The van der Waals surface area contributed by atoms with Crippen LogP contribution in [0.1, 0.15) is 22.3 Å². The molecule has 0 aliphatic heterocycles. The van der Waals surface area contributed by atoms with E-state index in [1.54, 1.807) is 7.11 Å². The van der Waals surface area contributed by atoms with Gasteiger partial charge in [-0.05, 0) is 57.6 Å². The van der Waals surface area contributed by atoms with Crippen molar-refractivity contribution in [2.75, 3.05) is 33.5 Å². The minimum Gasteiger partial charge on any atom is -0.491 e. The molecule has 4 nitrogen and oxygen atoms in total. The molecule has 0 amide bonds. The average Bonchev–Trinajstić information content (AvgIpc) is 3.20. The third-order valence-corrected chi connectivity index (χ3v) is 6.44. The van der Waals surface area contributed by atoms with Crippen molar-refractivity contribution in [3.63, 3.8) is 0 Å². The third kappa shape index (κ3) is 3.75. The van der Waals surface area contributed by atoms with Gasteiger partial charge in [0, 0.05) is 7.11 Å². The molecule has 4 aromatic rings. The van der Waals surface area contributed by atoms with E-state index in [9.17, 15) is 0 Å². The monoisotopic (exact) mass is 452 g/mol. The zero-order valence-corrected chi connectivity index (χ0v) is 19.2. The van der Waals surface area contributed by atoms with Crippen LogP contribution in [0, 0.1) is 0 Å². The molecule has 4 heteroatoms. The molecule has 0 heterocycles. The molecule has 1 N–H and O–H groups in total. The Morgan fingerprint density at radius 1 is 0.588 bits per heavy atom. The van der Waals surface area contributed by atoms with E-state index in [0.29, 0.717) is 13.2 Å². The zero-order valence-electron chi connectivity index (χ0n) is 19.2. The minimum atomic E-state index is -0.465. The third-order valence-electron chi connectivity index (χ3n) is 6.44. The normalized spacial score (nSPS) is 13.2. The van der Waals surface area contributed by atoms with E-state index in [2.05, 4.69) is 72.8 Å². The molecule has 0 saturated heterocycles. The lowest BCUT2D eigenvalue weighted by molar-refractivity contribution is 0.146. The Hall–Kier alpha value is -3.60. The van der Waals surface area contributed by atoms with E-state index in [4.69, 9.17) is 19.3 Å². The van der Waals surface area contributed by atoms with Crippen LogP contribution in [-0.2, 0) is 10.2 Å². The molecule has 0 radical (unpaired) electrons. The van der Waals surface area contributed by atoms with Crippen LogP contribution in [0.4, 0.5) is 0 Å². The fourth-order valence-electron chi connectivity index (χ4n) is 5.03. The van der Waals surface area contributed by atoms with Gasteiger partial charge in [-0.3, -0.25) is 0 Å². The second-order valence-corrected chi connectivity index (χ2v) is 8.30. The largest absolute Gasteiger partial charge is 0.491 e. The quantitative estimate of drug-likeness (QED) is 0.302. The topological polar surface area (TPSA) is 47.9 Å². The Balaban J connectivity index is 1.68. The highest BCUT2D eigenvalue weighted by molar-refractivity contribution is 5.86. The first-order valence-electron chi connectivity index (χ1n) is 11.5. The first kappa shape index (κ1) is 22.2. The molecular formula is C30H28O4. The number of aliphatic hydroxyl groups excluding tert-OH is 1. The van der Waals surface area contributed by atoms with Crippen LogP contribution >= 0.6 is 0 Å². The van der Waals surface area contributed by atoms with Crippen LogP contribution in [0.5, 0.6) is 11.5 Å². The van der Waals surface area contributed by atoms with E-state index in [-0.39, 0.29) is 13.2 Å². The standard InChI is InChI=1S/C30H28O4/c1-32-20-21-34-25-16-12-23(13-17-25)30(22-10-14-24(15-11-22)33-19-18-31)28-8-4-2-6-26(28)27-7-3-5-9-29(27)30/h2-17,31H,18-21H2,1H3. The van der Waals surface area contributed by atoms with Crippen molar-refractivity contribution in [3.05, 3.63) is 119 Å². The molecule has 0 saturated carbocycles. The smallest absolute Gasteiger partial charge is 0.119 e. The van der Waals surface area contributed by atoms with Crippen molar-refractivity contribution >= 4 is 0 Å². The van der Waals surface area contributed by atoms with Crippen LogP contribution in [0.25, 0.3) is 11.1 Å². The number of ether oxygens (including phenoxy) is 3. The van der Waals surface area contributed by atoms with Gasteiger partial charge in [-0.15, -0.1) is 0 Å². The van der Waals surface area contributed by atoms with Gasteiger partial charge in [0.15, 0.2) is 0 Å². The first-order chi connectivity index (χ1) is 16.8. The highest BCUT2D eigenvalue weighted by Crippen LogP contribution is 2.56. The number of hydrogen-bond acceptors (Lipinski definition) is 4. The molecule has 4 aromatic carbocycles. The van der Waals surface area contributed by atoms with Crippen molar-refractivity contribution in [1.82, 2.24) is 0 Å². The number of aliphatic hydroxyl groups is 1. The van der Waals surface area contributed by atoms with Gasteiger partial charge in [0.05, 0.1) is 18.6 Å². The molecule has 0 bridgehead atoms. The summed E-state index contributed by atoms with van der Waals surface area (Å²) in [6.07, 6.45) is 0. The molecule has 0 spiro atoms. The Kier molecular flexibility index (Phi) is 6.35. The fourth-order valence-corrected chi connectivity index (χ4v) is 5.03. The predicted octanol–water partition coefficient (Wildman–Crippen LogP) is 5.45. The summed E-state index contributed by atoms with van der Waals surface area (Å²) >= 11 is 0. The number of fused-ring (bicyclic) bond motifs is 3. The maximum atomic E-state index is 9.11. The summed E-state index contributed by atoms with van der Waals surface area (Å²) in [5.74, 6) is 1.57. The average molecular weight is 453 g/mol. The first-order valence-corrected chi connectivity index (χ1v) is 11.5. The van der Waals surface area contributed by atoms with Crippen LogP contribution in [0.2, 0.25) is 0 Å². The van der Waals surface area contributed by atoms with Gasteiger partial charge in [-0.25, -0.2) is 0 Å². The van der Waals surface area contributed by atoms with Crippen LogP contribution in [0.15, 0.2) is 97.1 Å². The summed E-state index contributed by atoms with van der Waals surface area (Å²) in [6, 6.07) is 33.9. The van der Waals surface area contributed by atoms with Gasteiger partial charge in [0.1, 0.15) is 24.7 Å². The summed E-state index contributed by atoms with van der Waals surface area (Å²) in [6.45, 7) is 1.34. The van der Waals surface area contributed by atoms with Crippen molar-refractivity contribution < 1.29 is 19.3 Å². The number of benzene rings is 4. The molecular weight excluding hydrogens is 424 g/mol. The molecule has 0 unspecified atom stereocenters. The predicted molar refractivity (Wildman–Crippen MR) is 134 cm³/mol. The second kappa shape index (κ2) is 9.72. The van der Waals surface area contributed by atoms with Gasteiger partial charge in [-0.2, -0.15) is 0 Å². The van der Waals surface area contributed by atoms with Gasteiger partial charge >= 0.3 is 0 Å². The van der Waals surface area contributed by atoms with Crippen LogP contribution in [-0.4, -0.2) is 38.6 Å². The van der Waals surface area contributed by atoms with Crippen molar-refractivity contribution in [2.45, 2.75) is 5.41 Å². The van der Waals surface area contributed by atoms with E-state index < -0.39 is 5.41 Å². The second-order valence-electron chi connectivity index (χ2n) is 8.30. The Bertz CT molecular complexity index is 1200. The van der Waals surface area contributed by atoms with Gasteiger partial charge in [0.2, 0.25) is 0 Å². The minimum absolute atomic E-state index is 0.00869. The Morgan fingerprint density at radius 3 is 1.53 bits per heavy atom. The Labute approximate surface area is 200 Å². The molecule has 0 fully saturated rings. The summed E-state index contributed by atoms with van der Waals surface area (Å²) in [5, 5.41) is 9.11. The molecule has 172 valence electrons. The molecule has 0 aromatic heterocycles. The maximum absolute atomic E-state index is 9.11. The number of rotatable bonds is 9. The van der Waals surface area contributed by atoms with E-state index in [1.165, 1.54) is 27.8 Å². The number of methoxy groups -OCH3 is 1. The highest BCUT2D eigenvalue weighted by atomic mass is 16.5.